The Morgan fingerprint density at radius 1 is 0.938 bits per heavy atom. The van der Waals surface area contributed by atoms with Crippen LogP contribution in [-0.4, -0.2) is 24.5 Å². The molecule has 0 aliphatic heterocycles. The summed E-state index contributed by atoms with van der Waals surface area (Å²) in [7, 11) is 0. The standard InChI is InChI=1S/C28H38O4/c1-2-3-4-15-31-26-13-11-22(12-14-26)21-7-5-20(6-8-21)19-32-28(30)18-27-23-9-10-24(27)17-25(29)16-23/h5-8,18,22-24,26H,2-4,9-17,19H2,1H3/t22?,23-,24+,26?. The number of fused-ring (bicyclic) bond motifs is 2. The van der Waals surface area contributed by atoms with Gasteiger partial charge in [0.1, 0.15) is 12.4 Å². The van der Waals surface area contributed by atoms with Crippen LogP contribution in [0, 0.1) is 11.8 Å². The highest BCUT2D eigenvalue weighted by Crippen LogP contribution is 2.45. The van der Waals surface area contributed by atoms with Crippen LogP contribution < -0.4 is 0 Å². The summed E-state index contributed by atoms with van der Waals surface area (Å²) in [6.07, 6.45) is 13.7. The summed E-state index contributed by atoms with van der Waals surface area (Å²) in [4.78, 5) is 24.1. The Hall–Kier alpha value is -1.94. The zero-order valence-electron chi connectivity index (χ0n) is 19.5. The van der Waals surface area contributed by atoms with E-state index in [1.807, 2.05) is 0 Å². The van der Waals surface area contributed by atoms with Crippen LogP contribution in [0.15, 0.2) is 35.9 Å². The largest absolute Gasteiger partial charge is 0.458 e. The molecule has 0 aromatic heterocycles. The van der Waals surface area contributed by atoms with Gasteiger partial charge in [-0.05, 0) is 73.8 Å². The first-order chi connectivity index (χ1) is 15.6. The van der Waals surface area contributed by atoms with Gasteiger partial charge < -0.3 is 9.47 Å². The van der Waals surface area contributed by atoms with Gasteiger partial charge in [-0.2, -0.15) is 0 Å². The quantitative estimate of drug-likeness (QED) is 0.259. The third-order valence-electron chi connectivity index (χ3n) is 7.65. The van der Waals surface area contributed by atoms with Crippen molar-refractivity contribution >= 4 is 11.8 Å². The second kappa shape index (κ2) is 11.3. The first-order valence-electron chi connectivity index (χ1n) is 12.7. The van der Waals surface area contributed by atoms with E-state index in [-0.39, 0.29) is 17.8 Å². The lowest BCUT2D eigenvalue weighted by Gasteiger charge is -2.29. The van der Waals surface area contributed by atoms with Crippen molar-refractivity contribution in [2.75, 3.05) is 6.61 Å². The number of unbranched alkanes of at least 4 members (excludes halogenated alkanes) is 2. The molecule has 2 atom stereocenters. The molecule has 3 aliphatic carbocycles. The number of benzene rings is 1. The highest BCUT2D eigenvalue weighted by atomic mass is 16.5. The SMILES string of the molecule is CCCCCOC1CCC(c2ccc(COC(=O)C=C3[C@@H]4CC[C@H]3CC(=O)C4)cc2)CC1. The maximum absolute atomic E-state index is 12.3. The molecular weight excluding hydrogens is 400 g/mol. The van der Waals surface area contributed by atoms with Gasteiger partial charge in [0.2, 0.25) is 0 Å². The topological polar surface area (TPSA) is 52.6 Å². The minimum Gasteiger partial charge on any atom is -0.458 e. The van der Waals surface area contributed by atoms with E-state index in [9.17, 15) is 9.59 Å². The molecule has 0 N–H and O–H groups in total. The summed E-state index contributed by atoms with van der Waals surface area (Å²) in [5, 5.41) is 0. The minimum atomic E-state index is -0.271. The Balaban J connectivity index is 1.20. The summed E-state index contributed by atoms with van der Waals surface area (Å²) < 4.78 is 11.6. The summed E-state index contributed by atoms with van der Waals surface area (Å²) in [6, 6.07) is 8.57. The molecular formula is C28H38O4. The van der Waals surface area contributed by atoms with Crippen LogP contribution in [0.4, 0.5) is 0 Å². The van der Waals surface area contributed by atoms with Crippen molar-refractivity contribution in [3.05, 3.63) is 47.0 Å². The van der Waals surface area contributed by atoms with Crippen molar-refractivity contribution < 1.29 is 19.1 Å². The van der Waals surface area contributed by atoms with Crippen molar-refractivity contribution in [3.8, 4) is 0 Å². The van der Waals surface area contributed by atoms with Crippen molar-refractivity contribution in [2.24, 2.45) is 11.8 Å². The van der Waals surface area contributed by atoms with Crippen LogP contribution in [0.2, 0.25) is 0 Å². The molecule has 4 heteroatoms. The van der Waals surface area contributed by atoms with E-state index in [1.54, 1.807) is 6.08 Å². The molecule has 174 valence electrons. The van der Waals surface area contributed by atoms with Crippen molar-refractivity contribution in [3.63, 3.8) is 0 Å². The van der Waals surface area contributed by atoms with Crippen LogP contribution >= 0.6 is 0 Å². The summed E-state index contributed by atoms with van der Waals surface area (Å²) in [5.41, 5.74) is 3.56. The van der Waals surface area contributed by atoms with Gasteiger partial charge in [-0.3, -0.25) is 4.79 Å². The smallest absolute Gasteiger partial charge is 0.331 e. The van der Waals surface area contributed by atoms with Crippen LogP contribution in [-0.2, 0) is 25.7 Å². The van der Waals surface area contributed by atoms with Crippen molar-refractivity contribution in [1.82, 2.24) is 0 Å². The molecule has 1 aromatic carbocycles. The Kier molecular flexibility index (Phi) is 8.18. The fourth-order valence-corrected chi connectivity index (χ4v) is 5.76. The number of allylic oxidation sites excluding steroid dienone is 1. The number of hydrogen-bond acceptors (Lipinski definition) is 4. The summed E-state index contributed by atoms with van der Waals surface area (Å²) in [5.74, 6) is 1.22. The van der Waals surface area contributed by atoms with Crippen LogP contribution in [0.25, 0.3) is 0 Å². The van der Waals surface area contributed by atoms with Crippen molar-refractivity contribution in [1.29, 1.82) is 0 Å². The Morgan fingerprint density at radius 2 is 1.59 bits per heavy atom. The monoisotopic (exact) mass is 438 g/mol. The molecule has 4 nitrogen and oxygen atoms in total. The van der Waals surface area contributed by atoms with E-state index in [0.29, 0.717) is 37.3 Å². The Labute approximate surface area is 192 Å². The molecule has 0 heterocycles. The van der Waals surface area contributed by atoms with E-state index >= 15 is 0 Å². The lowest BCUT2D eigenvalue weighted by atomic mass is 9.82. The highest BCUT2D eigenvalue weighted by Gasteiger charge is 2.38. The van der Waals surface area contributed by atoms with Gasteiger partial charge in [-0.25, -0.2) is 4.79 Å². The summed E-state index contributed by atoms with van der Waals surface area (Å²) in [6.45, 7) is 3.44. The van der Waals surface area contributed by atoms with Crippen molar-refractivity contribution in [2.45, 2.75) is 96.2 Å². The number of carbonyl (C=O) groups excluding carboxylic acids is 2. The van der Waals surface area contributed by atoms with E-state index in [2.05, 4.69) is 31.2 Å². The highest BCUT2D eigenvalue weighted by molar-refractivity contribution is 5.86. The van der Waals surface area contributed by atoms with Crippen LogP contribution in [0.1, 0.15) is 94.6 Å². The van der Waals surface area contributed by atoms with E-state index in [1.165, 1.54) is 37.7 Å². The normalized spacial score (nSPS) is 28.8. The molecule has 0 amide bonds. The van der Waals surface area contributed by atoms with Gasteiger partial charge in [-0.15, -0.1) is 0 Å². The van der Waals surface area contributed by atoms with Gasteiger partial charge in [0.05, 0.1) is 6.10 Å². The average molecular weight is 439 g/mol. The molecule has 1 aromatic rings. The molecule has 3 fully saturated rings. The number of esters is 1. The fourth-order valence-electron chi connectivity index (χ4n) is 5.76. The second-order valence-corrected chi connectivity index (χ2v) is 9.96. The van der Waals surface area contributed by atoms with Gasteiger partial charge in [0.15, 0.2) is 0 Å². The lowest BCUT2D eigenvalue weighted by Crippen LogP contribution is -2.21. The third-order valence-corrected chi connectivity index (χ3v) is 7.65. The fraction of sp³-hybridized carbons (Fsp3) is 0.643. The van der Waals surface area contributed by atoms with Gasteiger partial charge >= 0.3 is 5.97 Å². The molecule has 2 bridgehead atoms. The number of Topliss-reactive ketones (excluding diaryl/α,β-unsaturated/α-hetero) is 1. The second-order valence-electron chi connectivity index (χ2n) is 9.96. The number of ether oxygens (including phenoxy) is 2. The van der Waals surface area contributed by atoms with Crippen LogP contribution in [0.3, 0.4) is 0 Å². The molecule has 32 heavy (non-hydrogen) atoms. The first kappa shape index (κ1) is 23.2. The minimum absolute atomic E-state index is 0.268. The molecule has 3 aliphatic rings. The van der Waals surface area contributed by atoms with E-state index < -0.39 is 0 Å². The van der Waals surface area contributed by atoms with Gasteiger partial charge in [0, 0.05) is 25.5 Å². The maximum Gasteiger partial charge on any atom is 0.331 e. The zero-order chi connectivity index (χ0) is 22.3. The third kappa shape index (κ3) is 6.10. The number of carbonyl (C=O) groups is 2. The predicted molar refractivity (Wildman–Crippen MR) is 125 cm³/mol. The molecule has 0 spiro atoms. The Bertz CT molecular complexity index is 783. The first-order valence-corrected chi connectivity index (χ1v) is 12.7. The number of ketones is 1. The zero-order valence-corrected chi connectivity index (χ0v) is 19.5. The van der Waals surface area contributed by atoms with Gasteiger partial charge in [0.25, 0.3) is 0 Å². The molecule has 4 rings (SSSR count). The predicted octanol–water partition coefficient (Wildman–Crippen LogP) is 6.28. The lowest BCUT2D eigenvalue weighted by molar-refractivity contribution is -0.139. The molecule has 3 saturated carbocycles. The number of rotatable bonds is 9. The maximum atomic E-state index is 12.3. The summed E-state index contributed by atoms with van der Waals surface area (Å²) >= 11 is 0. The molecule has 0 radical (unpaired) electrons. The van der Waals surface area contributed by atoms with E-state index in [4.69, 9.17) is 9.47 Å². The molecule has 0 saturated heterocycles. The molecule has 0 unspecified atom stereocenters. The average Bonchev–Trinajstić information content (AvgIpc) is 3.04. The van der Waals surface area contributed by atoms with Gasteiger partial charge in [-0.1, -0.05) is 49.6 Å². The van der Waals surface area contributed by atoms with Crippen LogP contribution in [0.5, 0.6) is 0 Å². The Morgan fingerprint density at radius 3 is 2.25 bits per heavy atom. The van der Waals surface area contributed by atoms with E-state index in [0.717, 1.165) is 43.4 Å². The number of hydrogen-bond donors (Lipinski definition) is 0.